The minimum absolute atomic E-state index is 0.185. The van der Waals surface area contributed by atoms with Crippen LogP contribution in [0.25, 0.3) is 0 Å². The lowest BCUT2D eigenvalue weighted by molar-refractivity contribution is -0.123. The van der Waals surface area contributed by atoms with Crippen molar-refractivity contribution in [2.75, 3.05) is 0 Å². The molecule has 0 aliphatic heterocycles. The van der Waals surface area contributed by atoms with Gasteiger partial charge < -0.3 is 9.15 Å². The van der Waals surface area contributed by atoms with Crippen molar-refractivity contribution in [2.24, 2.45) is 0 Å². The van der Waals surface area contributed by atoms with Crippen LogP contribution >= 0.6 is 0 Å². The fraction of sp³-hybridized carbons (Fsp3) is 0.667. The molecule has 1 fully saturated rings. The van der Waals surface area contributed by atoms with E-state index >= 15 is 0 Å². The average molecular weight is 223 g/mol. The summed E-state index contributed by atoms with van der Waals surface area (Å²) >= 11 is 0. The first-order valence-corrected chi connectivity index (χ1v) is 5.71. The fourth-order valence-electron chi connectivity index (χ4n) is 1.87. The molecule has 0 atom stereocenters. The highest BCUT2D eigenvalue weighted by molar-refractivity contribution is 5.79. The number of hydrogen-bond donors (Lipinski definition) is 0. The van der Waals surface area contributed by atoms with Gasteiger partial charge in [-0.2, -0.15) is 0 Å². The van der Waals surface area contributed by atoms with E-state index in [0.717, 1.165) is 24.3 Å². The van der Waals surface area contributed by atoms with Gasteiger partial charge in [-0.05, 0) is 26.7 Å². The number of carbonyl (C=O) groups excluding carboxylic acids is 1. The molecule has 1 aromatic heterocycles. The van der Waals surface area contributed by atoms with Crippen LogP contribution in [0.15, 0.2) is 4.42 Å². The third-order valence-corrected chi connectivity index (χ3v) is 3.01. The first-order valence-electron chi connectivity index (χ1n) is 5.71. The highest BCUT2D eigenvalue weighted by atomic mass is 16.5. The average Bonchev–Trinajstić information content (AvgIpc) is 2.58. The highest BCUT2D eigenvalue weighted by Gasteiger charge is 2.19. The molecule has 1 heterocycles. The first-order chi connectivity index (χ1) is 7.65. The minimum atomic E-state index is 0.185. The maximum Gasteiger partial charge on any atom is 0.220 e. The molecule has 0 amide bonds. The Balaban J connectivity index is 1.81. The summed E-state index contributed by atoms with van der Waals surface area (Å²) in [6.45, 7) is 4.22. The van der Waals surface area contributed by atoms with E-state index in [1.54, 1.807) is 0 Å². The number of ketones is 1. The van der Waals surface area contributed by atoms with Crippen LogP contribution in [0, 0.1) is 13.8 Å². The Kier molecular flexibility index (Phi) is 3.39. The number of hydrogen-bond acceptors (Lipinski definition) is 4. The molecule has 1 aliphatic carbocycles. The Hall–Kier alpha value is -1.16. The largest absolute Gasteiger partial charge is 0.443 e. The van der Waals surface area contributed by atoms with E-state index in [-0.39, 0.29) is 6.10 Å². The zero-order chi connectivity index (χ0) is 11.5. The van der Waals surface area contributed by atoms with E-state index in [1.807, 2.05) is 13.8 Å². The van der Waals surface area contributed by atoms with E-state index in [0.29, 0.717) is 31.1 Å². The van der Waals surface area contributed by atoms with E-state index in [2.05, 4.69) is 4.98 Å². The molecule has 0 aromatic carbocycles. The molecule has 0 N–H and O–H groups in total. The van der Waals surface area contributed by atoms with Gasteiger partial charge in [-0.1, -0.05) is 0 Å². The summed E-state index contributed by atoms with van der Waals surface area (Å²) in [5, 5.41) is 0. The molecular weight excluding hydrogens is 206 g/mol. The predicted octanol–water partition coefficient (Wildman–Crippen LogP) is 2.32. The smallest absolute Gasteiger partial charge is 0.220 e. The second-order valence-electron chi connectivity index (χ2n) is 4.30. The number of carbonyl (C=O) groups is 1. The Morgan fingerprint density at radius 3 is 2.62 bits per heavy atom. The van der Waals surface area contributed by atoms with Gasteiger partial charge in [0.15, 0.2) is 0 Å². The Morgan fingerprint density at radius 2 is 2.06 bits per heavy atom. The van der Waals surface area contributed by atoms with Gasteiger partial charge in [0, 0.05) is 12.8 Å². The van der Waals surface area contributed by atoms with Crippen LogP contribution in [0.1, 0.15) is 43.0 Å². The lowest BCUT2D eigenvalue weighted by Gasteiger charge is -2.20. The summed E-state index contributed by atoms with van der Waals surface area (Å²) in [5.74, 6) is 1.83. The quantitative estimate of drug-likeness (QED) is 0.789. The van der Waals surface area contributed by atoms with Crippen molar-refractivity contribution in [3.05, 3.63) is 17.3 Å². The van der Waals surface area contributed by atoms with Crippen LogP contribution in [-0.4, -0.2) is 16.9 Å². The van der Waals surface area contributed by atoms with E-state index < -0.39 is 0 Å². The molecule has 1 aliphatic rings. The lowest BCUT2D eigenvalue weighted by Crippen LogP contribution is -2.21. The minimum Gasteiger partial charge on any atom is -0.443 e. The second kappa shape index (κ2) is 4.78. The van der Waals surface area contributed by atoms with Crippen LogP contribution in [-0.2, 0) is 16.1 Å². The lowest BCUT2D eigenvalue weighted by atomic mass is 9.97. The molecule has 4 nitrogen and oxygen atoms in total. The monoisotopic (exact) mass is 223 g/mol. The normalized spacial score (nSPS) is 18.0. The molecule has 1 saturated carbocycles. The van der Waals surface area contributed by atoms with Gasteiger partial charge in [0.2, 0.25) is 5.89 Å². The summed E-state index contributed by atoms with van der Waals surface area (Å²) in [7, 11) is 0. The van der Waals surface area contributed by atoms with Crippen LogP contribution in [0.4, 0.5) is 0 Å². The molecule has 4 heteroatoms. The van der Waals surface area contributed by atoms with Gasteiger partial charge in [0.25, 0.3) is 0 Å². The van der Waals surface area contributed by atoms with E-state index in [9.17, 15) is 4.79 Å². The van der Waals surface area contributed by atoms with E-state index in [1.165, 1.54) is 0 Å². The summed E-state index contributed by atoms with van der Waals surface area (Å²) in [6, 6.07) is 0. The maximum atomic E-state index is 11.0. The van der Waals surface area contributed by atoms with Crippen molar-refractivity contribution in [3.8, 4) is 0 Å². The Morgan fingerprint density at radius 1 is 1.38 bits per heavy atom. The van der Waals surface area contributed by atoms with E-state index in [4.69, 9.17) is 9.15 Å². The zero-order valence-corrected chi connectivity index (χ0v) is 9.78. The Bertz CT molecular complexity index is 354. The van der Waals surface area contributed by atoms with Gasteiger partial charge in [-0.15, -0.1) is 0 Å². The van der Waals surface area contributed by atoms with Crippen molar-refractivity contribution in [1.82, 2.24) is 4.98 Å². The molecule has 0 spiro atoms. The third kappa shape index (κ3) is 2.70. The number of aromatic nitrogens is 1. The fourth-order valence-corrected chi connectivity index (χ4v) is 1.87. The topological polar surface area (TPSA) is 52.3 Å². The van der Waals surface area contributed by atoms with Gasteiger partial charge in [0.05, 0.1) is 11.8 Å². The predicted molar refractivity (Wildman–Crippen MR) is 58.0 cm³/mol. The van der Waals surface area contributed by atoms with Crippen molar-refractivity contribution in [3.63, 3.8) is 0 Å². The second-order valence-corrected chi connectivity index (χ2v) is 4.30. The Labute approximate surface area is 95.0 Å². The van der Waals surface area contributed by atoms with Crippen molar-refractivity contribution >= 4 is 5.78 Å². The molecule has 0 radical (unpaired) electrons. The zero-order valence-electron chi connectivity index (χ0n) is 9.78. The van der Waals surface area contributed by atoms with Crippen molar-refractivity contribution < 1.29 is 13.9 Å². The van der Waals surface area contributed by atoms with Crippen molar-refractivity contribution in [2.45, 2.75) is 52.2 Å². The van der Waals surface area contributed by atoms with Gasteiger partial charge in [-0.25, -0.2) is 4.98 Å². The van der Waals surface area contributed by atoms with Crippen molar-refractivity contribution in [1.29, 1.82) is 0 Å². The standard InChI is InChI=1S/C12H17NO3/c1-8-9(2)16-12(13-8)7-15-11-5-3-10(14)4-6-11/h11H,3-7H2,1-2H3. The van der Waals surface area contributed by atoms with Gasteiger partial charge in [0.1, 0.15) is 18.2 Å². The van der Waals surface area contributed by atoms with Crippen LogP contribution < -0.4 is 0 Å². The number of Topliss-reactive ketones (excluding diaryl/α,β-unsaturated/α-hetero) is 1. The number of oxazole rings is 1. The van der Waals surface area contributed by atoms with Crippen LogP contribution in [0.3, 0.4) is 0 Å². The molecule has 0 unspecified atom stereocenters. The highest BCUT2D eigenvalue weighted by Crippen LogP contribution is 2.19. The number of aryl methyl sites for hydroxylation is 2. The summed E-state index contributed by atoms with van der Waals surface area (Å²) in [5.41, 5.74) is 0.914. The first kappa shape index (κ1) is 11.3. The summed E-state index contributed by atoms with van der Waals surface area (Å²) < 4.78 is 11.1. The van der Waals surface area contributed by atoms with Crippen LogP contribution in [0.2, 0.25) is 0 Å². The maximum absolute atomic E-state index is 11.0. The van der Waals surface area contributed by atoms with Crippen LogP contribution in [0.5, 0.6) is 0 Å². The molecule has 2 rings (SSSR count). The number of ether oxygens (including phenoxy) is 1. The summed E-state index contributed by atoms with van der Waals surface area (Å²) in [6.07, 6.45) is 3.14. The SMILES string of the molecule is Cc1nc(COC2CCC(=O)CC2)oc1C. The third-order valence-electron chi connectivity index (χ3n) is 3.01. The molecule has 0 bridgehead atoms. The molecule has 1 aromatic rings. The number of nitrogens with zero attached hydrogens (tertiary/aromatic N) is 1. The molecule has 0 saturated heterocycles. The van der Waals surface area contributed by atoms with Gasteiger partial charge >= 0.3 is 0 Å². The molecular formula is C12H17NO3. The molecule has 88 valence electrons. The molecule has 16 heavy (non-hydrogen) atoms. The summed E-state index contributed by atoms with van der Waals surface area (Å²) in [4.78, 5) is 15.3. The van der Waals surface area contributed by atoms with Gasteiger partial charge in [-0.3, -0.25) is 4.79 Å². The number of rotatable bonds is 3.